The van der Waals surface area contributed by atoms with Gasteiger partial charge in [-0.05, 0) is 108 Å². The lowest BCUT2D eigenvalue weighted by Crippen LogP contribution is -2.61. The van der Waals surface area contributed by atoms with Crippen molar-refractivity contribution in [2.45, 2.75) is 123 Å². The summed E-state index contributed by atoms with van der Waals surface area (Å²) in [4.78, 5) is 8.17. The van der Waals surface area contributed by atoms with Crippen LogP contribution in [0, 0.1) is 17.8 Å². The summed E-state index contributed by atoms with van der Waals surface area (Å²) in [6.45, 7) is 35.7. The average molecular weight is 533 g/mol. The van der Waals surface area contributed by atoms with Crippen molar-refractivity contribution in [3.05, 3.63) is 0 Å². The Labute approximate surface area is 212 Å². The minimum Gasteiger partial charge on any atom is -0.418 e. The smallest absolute Gasteiger partial charge is 0.183 e. The van der Waals surface area contributed by atoms with Gasteiger partial charge in [-0.1, -0.05) is 33.9 Å². The molecule has 0 spiro atoms. The van der Waals surface area contributed by atoms with Crippen LogP contribution in [0.15, 0.2) is 0 Å². The molecule has 0 radical (unpaired) electrons. The van der Waals surface area contributed by atoms with Crippen molar-refractivity contribution in [3.63, 3.8) is 0 Å². The van der Waals surface area contributed by atoms with Crippen molar-refractivity contribution >= 4 is 33.1 Å². The summed E-state index contributed by atoms with van der Waals surface area (Å²) in [6, 6.07) is 2.43. The molecule has 8 heteroatoms. The highest BCUT2D eigenvalue weighted by molar-refractivity contribution is 6.80. The van der Waals surface area contributed by atoms with E-state index in [1.54, 1.807) is 0 Å². The zero-order valence-corrected chi connectivity index (χ0v) is 29.0. The summed E-state index contributed by atoms with van der Waals surface area (Å²) in [6.07, 6.45) is 0. The molecule has 2 N–H and O–H groups in total. The molecule has 0 aromatic rings. The summed E-state index contributed by atoms with van der Waals surface area (Å²) in [5.41, 5.74) is 1.68. The maximum absolute atomic E-state index is 6.41. The van der Waals surface area contributed by atoms with Crippen LogP contribution < -0.4 is 9.96 Å². The van der Waals surface area contributed by atoms with Gasteiger partial charge in [0.1, 0.15) is 16.5 Å². The van der Waals surface area contributed by atoms with Crippen molar-refractivity contribution in [1.82, 2.24) is 9.96 Å². The standard InChI is InChI=1S/C25H60N2O2Si4/c1-20-21(2)24(33(15,27-25(4,5)6)19-17-29-31(11,12)13)22(3)23(20)32(14,26-7)18-16-28-30(8,9)10/h20-24,26-27H,16-19H2,1-15H3. The topological polar surface area (TPSA) is 42.5 Å². The summed E-state index contributed by atoms with van der Waals surface area (Å²) >= 11 is 0. The molecule has 0 aromatic heterocycles. The van der Waals surface area contributed by atoms with Crippen LogP contribution in [0.2, 0.25) is 75.5 Å². The van der Waals surface area contributed by atoms with Gasteiger partial charge in [-0.3, -0.25) is 0 Å². The third kappa shape index (κ3) is 9.26. The fourth-order valence-corrected chi connectivity index (χ4v) is 18.9. The number of nitrogens with one attached hydrogen (secondary N) is 2. The third-order valence-corrected chi connectivity index (χ3v) is 20.2. The molecule has 0 saturated heterocycles. The fourth-order valence-electron chi connectivity index (χ4n) is 6.92. The van der Waals surface area contributed by atoms with Crippen LogP contribution in [0.4, 0.5) is 0 Å². The van der Waals surface area contributed by atoms with Crippen molar-refractivity contribution < 1.29 is 8.85 Å². The minimum atomic E-state index is -1.80. The molecule has 0 heterocycles. The second-order valence-electron chi connectivity index (χ2n) is 14.5. The molecule has 1 aliphatic rings. The van der Waals surface area contributed by atoms with Crippen LogP contribution in [0.3, 0.4) is 0 Å². The third-order valence-electron chi connectivity index (χ3n) is 8.11. The summed E-state index contributed by atoms with van der Waals surface area (Å²) in [5.74, 6) is 2.21. The molecule has 33 heavy (non-hydrogen) atoms. The van der Waals surface area contributed by atoms with E-state index in [4.69, 9.17) is 8.85 Å². The molecule has 7 atom stereocenters. The Bertz CT molecular complexity index is 617. The van der Waals surface area contributed by atoms with Gasteiger partial charge in [-0.15, -0.1) is 0 Å². The number of hydrogen-bond donors (Lipinski definition) is 2. The molecule has 198 valence electrons. The zero-order valence-electron chi connectivity index (χ0n) is 25.0. The second-order valence-corrected chi connectivity index (χ2v) is 32.3. The van der Waals surface area contributed by atoms with E-state index in [-0.39, 0.29) is 5.54 Å². The van der Waals surface area contributed by atoms with Crippen molar-refractivity contribution in [3.8, 4) is 0 Å². The fraction of sp³-hybridized carbons (Fsp3) is 1.00. The van der Waals surface area contributed by atoms with Crippen LogP contribution in [0.25, 0.3) is 0 Å². The summed E-state index contributed by atoms with van der Waals surface area (Å²) in [5, 5.41) is 0. The van der Waals surface area contributed by atoms with Gasteiger partial charge in [0, 0.05) is 18.8 Å². The molecule has 0 aliphatic heterocycles. The lowest BCUT2D eigenvalue weighted by Gasteiger charge is -2.45. The predicted octanol–water partition coefficient (Wildman–Crippen LogP) is 7.11. The lowest BCUT2D eigenvalue weighted by molar-refractivity contribution is 0.326. The molecule has 7 unspecified atom stereocenters. The number of hydrogen-bond acceptors (Lipinski definition) is 4. The van der Waals surface area contributed by atoms with Crippen LogP contribution in [-0.4, -0.2) is 58.9 Å². The molecule has 4 nitrogen and oxygen atoms in total. The minimum absolute atomic E-state index is 0.135. The highest BCUT2D eigenvalue weighted by atomic mass is 28.4. The van der Waals surface area contributed by atoms with Gasteiger partial charge < -0.3 is 18.8 Å². The Morgan fingerprint density at radius 1 is 0.636 bits per heavy atom. The first-order valence-electron chi connectivity index (χ1n) is 13.4. The highest BCUT2D eigenvalue weighted by Crippen LogP contribution is 2.60. The highest BCUT2D eigenvalue weighted by Gasteiger charge is 2.58. The molecule has 0 aromatic carbocycles. The van der Waals surface area contributed by atoms with Crippen LogP contribution in [0.1, 0.15) is 41.5 Å². The number of rotatable bonds is 12. The van der Waals surface area contributed by atoms with Gasteiger partial charge in [-0.2, -0.15) is 0 Å². The zero-order chi connectivity index (χ0) is 26.0. The monoisotopic (exact) mass is 532 g/mol. The van der Waals surface area contributed by atoms with E-state index >= 15 is 0 Å². The van der Waals surface area contributed by atoms with Crippen LogP contribution in [0.5, 0.6) is 0 Å². The van der Waals surface area contributed by atoms with E-state index in [2.05, 4.69) is 111 Å². The van der Waals surface area contributed by atoms with E-state index in [1.165, 1.54) is 12.1 Å². The van der Waals surface area contributed by atoms with E-state index in [0.29, 0.717) is 0 Å². The predicted molar refractivity (Wildman–Crippen MR) is 158 cm³/mol. The van der Waals surface area contributed by atoms with Gasteiger partial charge >= 0.3 is 0 Å². The maximum Gasteiger partial charge on any atom is 0.183 e. The van der Waals surface area contributed by atoms with Gasteiger partial charge in [0.15, 0.2) is 16.6 Å². The van der Waals surface area contributed by atoms with Crippen molar-refractivity contribution in [1.29, 1.82) is 0 Å². The Kier molecular flexibility index (Phi) is 11.0. The molecule has 1 saturated carbocycles. The Balaban J connectivity index is 3.23. The Hall–Kier alpha value is 0.708. The molecule has 1 aliphatic carbocycles. The largest absolute Gasteiger partial charge is 0.418 e. The van der Waals surface area contributed by atoms with Gasteiger partial charge in [0.05, 0.1) is 0 Å². The van der Waals surface area contributed by atoms with Crippen molar-refractivity contribution in [2.75, 3.05) is 20.3 Å². The molecule has 1 fully saturated rings. The molecular formula is C25H60N2O2Si4. The van der Waals surface area contributed by atoms with Gasteiger partial charge in [0.2, 0.25) is 0 Å². The molecular weight excluding hydrogens is 473 g/mol. The molecule has 1 rings (SSSR count). The van der Waals surface area contributed by atoms with E-state index in [9.17, 15) is 0 Å². The van der Waals surface area contributed by atoms with Crippen LogP contribution in [-0.2, 0) is 8.85 Å². The second kappa shape index (κ2) is 11.4. The van der Waals surface area contributed by atoms with Crippen LogP contribution >= 0.6 is 0 Å². The molecule has 0 bridgehead atoms. The molecule has 0 amide bonds. The quantitative estimate of drug-likeness (QED) is 0.263. The van der Waals surface area contributed by atoms with E-state index < -0.39 is 33.1 Å². The first kappa shape index (κ1) is 31.7. The SMILES string of the molecule is CN[Si](C)(CCO[Si](C)(C)C)C1C(C)C(C)C([Si](C)(CCO[Si](C)(C)C)NC(C)(C)C)C1C. The van der Waals surface area contributed by atoms with Gasteiger partial charge in [0.25, 0.3) is 0 Å². The van der Waals surface area contributed by atoms with E-state index in [0.717, 1.165) is 42.0 Å². The Morgan fingerprint density at radius 3 is 1.33 bits per heavy atom. The van der Waals surface area contributed by atoms with E-state index in [1.807, 2.05) is 0 Å². The first-order valence-corrected chi connectivity index (χ1v) is 25.8. The van der Waals surface area contributed by atoms with Gasteiger partial charge in [-0.25, -0.2) is 0 Å². The average Bonchev–Trinajstić information content (AvgIpc) is 2.80. The first-order chi connectivity index (χ1) is 14.7. The van der Waals surface area contributed by atoms with Crippen molar-refractivity contribution in [2.24, 2.45) is 17.8 Å². The summed E-state index contributed by atoms with van der Waals surface area (Å²) < 4.78 is 12.8. The maximum atomic E-state index is 6.41. The lowest BCUT2D eigenvalue weighted by atomic mass is 10.0. The normalized spacial score (nSPS) is 30.8. The Morgan fingerprint density at radius 2 is 1.00 bits per heavy atom. The summed E-state index contributed by atoms with van der Waals surface area (Å²) in [7, 11) is -4.23.